The van der Waals surface area contributed by atoms with Gasteiger partial charge in [-0.15, -0.1) is 0 Å². The lowest BCUT2D eigenvalue weighted by molar-refractivity contribution is -0.107. The number of benzene rings is 2. The van der Waals surface area contributed by atoms with Crippen LogP contribution in [0.1, 0.15) is 11.1 Å². The number of phenols is 2. The van der Waals surface area contributed by atoms with Gasteiger partial charge in [0.15, 0.2) is 12.6 Å². The highest BCUT2D eigenvalue weighted by atomic mass is 16.3. The molecular weight excluding hydrogens is 280 g/mol. The predicted octanol–water partition coefficient (Wildman–Crippen LogP) is 2.96. The van der Waals surface area contributed by atoms with E-state index < -0.39 is 0 Å². The summed E-state index contributed by atoms with van der Waals surface area (Å²) in [6.45, 7) is 0. The van der Waals surface area contributed by atoms with Crippen molar-refractivity contribution >= 4 is 24.7 Å². The van der Waals surface area contributed by atoms with Crippen LogP contribution in [0.5, 0.6) is 11.5 Å². The van der Waals surface area contributed by atoms with Crippen molar-refractivity contribution in [3.63, 3.8) is 0 Å². The molecule has 2 aromatic rings. The topological polar surface area (TPSA) is 74.6 Å². The fourth-order valence-corrected chi connectivity index (χ4v) is 1.87. The van der Waals surface area contributed by atoms with Gasteiger partial charge in [0.25, 0.3) is 0 Å². The van der Waals surface area contributed by atoms with Crippen LogP contribution in [-0.2, 0) is 9.59 Å². The van der Waals surface area contributed by atoms with Crippen LogP contribution in [-0.4, -0.2) is 22.8 Å². The van der Waals surface area contributed by atoms with Gasteiger partial charge in [0, 0.05) is 11.1 Å². The minimum Gasteiger partial charge on any atom is -0.508 e. The molecule has 110 valence electrons. The average molecular weight is 294 g/mol. The van der Waals surface area contributed by atoms with E-state index in [4.69, 9.17) is 0 Å². The molecule has 0 unspecified atom stereocenters. The molecule has 0 fully saturated rings. The van der Waals surface area contributed by atoms with Crippen LogP contribution in [0, 0.1) is 0 Å². The van der Waals surface area contributed by atoms with Crippen molar-refractivity contribution in [2.24, 2.45) is 0 Å². The molecule has 0 amide bonds. The number of hydrogen-bond acceptors (Lipinski definition) is 4. The van der Waals surface area contributed by atoms with Crippen LogP contribution >= 0.6 is 0 Å². The van der Waals surface area contributed by atoms with Gasteiger partial charge in [-0.2, -0.15) is 0 Å². The second-order valence-electron chi connectivity index (χ2n) is 4.62. The van der Waals surface area contributed by atoms with Gasteiger partial charge < -0.3 is 10.2 Å². The summed E-state index contributed by atoms with van der Waals surface area (Å²) < 4.78 is 0. The van der Waals surface area contributed by atoms with E-state index in [1.54, 1.807) is 36.4 Å². The average Bonchev–Trinajstić information content (AvgIpc) is 2.54. The first-order chi connectivity index (χ1) is 10.6. The van der Waals surface area contributed by atoms with Crippen molar-refractivity contribution in [3.8, 4) is 11.5 Å². The number of carbonyl (C=O) groups is 2. The van der Waals surface area contributed by atoms with Gasteiger partial charge in [-0.25, -0.2) is 0 Å². The lowest BCUT2D eigenvalue weighted by Gasteiger charge is -2.02. The molecular formula is C18H14O4. The van der Waals surface area contributed by atoms with Crippen molar-refractivity contribution < 1.29 is 19.8 Å². The van der Waals surface area contributed by atoms with Crippen molar-refractivity contribution in [1.82, 2.24) is 0 Å². The number of carbonyl (C=O) groups excluding carboxylic acids is 2. The first-order valence-corrected chi connectivity index (χ1v) is 6.54. The molecule has 0 bridgehead atoms. The summed E-state index contributed by atoms with van der Waals surface area (Å²) >= 11 is 0. The second-order valence-corrected chi connectivity index (χ2v) is 4.62. The summed E-state index contributed by atoms with van der Waals surface area (Å²) in [6.07, 6.45) is 4.33. The largest absolute Gasteiger partial charge is 0.508 e. The number of hydrogen-bond donors (Lipinski definition) is 2. The van der Waals surface area contributed by atoms with Crippen LogP contribution in [0.25, 0.3) is 12.2 Å². The Morgan fingerprint density at radius 2 is 0.955 bits per heavy atom. The third kappa shape index (κ3) is 3.93. The fraction of sp³-hybridized carbons (Fsp3) is 0. The summed E-state index contributed by atoms with van der Waals surface area (Å²) in [7, 11) is 0. The minimum absolute atomic E-state index is 0.125. The zero-order valence-corrected chi connectivity index (χ0v) is 11.6. The number of aromatic hydroxyl groups is 2. The third-order valence-electron chi connectivity index (χ3n) is 3.02. The van der Waals surface area contributed by atoms with Gasteiger partial charge in [-0.05, 0) is 47.5 Å². The highest BCUT2D eigenvalue weighted by Crippen LogP contribution is 2.18. The molecule has 4 heteroatoms. The molecule has 0 saturated carbocycles. The molecule has 0 atom stereocenters. The van der Waals surface area contributed by atoms with Crippen LogP contribution in [0.2, 0.25) is 0 Å². The normalized spacial score (nSPS) is 12.0. The van der Waals surface area contributed by atoms with Crippen LogP contribution in [0.15, 0.2) is 59.7 Å². The van der Waals surface area contributed by atoms with E-state index >= 15 is 0 Å². The third-order valence-corrected chi connectivity index (χ3v) is 3.02. The van der Waals surface area contributed by atoms with E-state index in [9.17, 15) is 19.8 Å². The molecule has 0 aliphatic rings. The molecule has 0 aromatic heterocycles. The van der Waals surface area contributed by atoms with E-state index in [2.05, 4.69) is 0 Å². The van der Waals surface area contributed by atoms with Gasteiger partial charge in [0.05, 0.1) is 0 Å². The molecule has 22 heavy (non-hydrogen) atoms. The van der Waals surface area contributed by atoms with Crippen LogP contribution in [0.4, 0.5) is 0 Å². The van der Waals surface area contributed by atoms with E-state index in [1.165, 1.54) is 24.3 Å². The first-order valence-electron chi connectivity index (χ1n) is 6.54. The molecule has 0 saturated heterocycles. The molecule has 0 spiro atoms. The fourth-order valence-electron chi connectivity index (χ4n) is 1.87. The summed E-state index contributed by atoms with van der Waals surface area (Å²) in [6, 6.07) is 12.6. The highest BCUT2D eigenvalue weighted by molar-refractivity contribution is 6.02. The number of phenolic OH excluding ortho intramolecular Hbond substituents is 2. The zero-order chi connectivity index (χ0) is 15.9. The summed E-state index contributed by atoms with van der Waals surface area (Å²) in [5.74, 6) is 0.250. The number of aldehydes is 2. The van der Waals surface area contributed by atoms with E-state index in [0.717, 1.165) is 0 Å². The van der Waals surface area contributed by atoms with Gasteiger partial charge in [-0.3, -0.25) is 9.59 Å². The molecule has 2 N–H and O–H groups in total. The van der Waals surface area contributed by atoms with Gasteiger partial charge in [-0.1, -0.05) is 24.3 Å². The maximum absolute atomic E-state index is 11.3. The van der Waals surface area contributed by atoms with Crippen molar-refractivity contribution in [2.45, 2.75) is 0 Å². The lowest BCUT2D eigenvalue weighted by atomic mass is 10.0. The molecule has 0 aliphatic carbocycles. The molecule has 2 aromatic carbocycles. The van der Waals surface area contributed by atoms with E-state index in [1.807, 2.05) is 0 Å². The van der Waals surface area contributed by atoms with E-state index in [0.29, 0.717) is 23.7 Å². The quantitative estimate of drug-likeness (QED) is 0.505. The standard InChI is InChI=1S/C18H14O4/c19-11-15(9-13-1-5-17(21)6-2-13)16(12-20)10-14-3-7-18(22)8-4-14/h1-12,21-22H/b15-9+,16-10+. The Hall–Kier alpha value is -3.14. The second kappa shape index (κ2) is 7.04. The Morgan fingerprint density at radius 3 is 1.23 bits per heavy atom. The molecule has 0 heterocycles. The Morgan fingerprint density at radius 1 is 0.636 bits per heavy atom. The zero-order valence-electron chi connectivity index (χ0n) is 11.6. The smallest absolute Gasteiger partial charge is 0.150 e. The highest BCUT2D eigenvalue weighted by Gasteiger charge is 2.04. The van der Waals surface area contributed by atoms with Crippen molar-refractivity contribution in [3.05, 3.63) is 70.8 Å². The monoisotopic (exact) mass is 294 g/mol. The maximum atomic E-state index is 11.3. The lowest BCUT2D eigenvalue weighted by Crippen LogP contribution is -1.93. The van der Waals surface area contributed by atoms with Gasteiger partial charge in [0.2, 0.25) is 0 Å². The van der Waals surface area contributed by atoms with Gasteiger partial charge in [0.1, 0.15) is 11.5 Å². The number of allylic oxidation sites excluding steroid dienone is 2. The Bertz CT molecular complexity index is 657. The Labute approximate surface area is 127 Å². The van der Waals surface area contributed by atoms with Crippen molar-refractivity contribution in [1.29, 1.82) is 0 Å². The maximum Gasteiger partial charge on any atom is 0.150 e. The molecule has 0 aliphatic heterocycles. The SMILES string of the molecule is O=CC(=C\c1ccc(O)cc1)/C(C=O)=C/c1ccc(O)cc1. The molecule has 0 radical (unpaired) electrons. The van der Waals surface area contributed by atoms with Crippen molar-refractivity contribution in [2.75, 3.05) is 0 Å². The summed E-state index contributed by atoms with van der Waals surface area (Å²) in [5, 5.41) is 18.5. The Kier molecular flexibility index (Phi) is 4.88. The summed E-state index contributed by atoms with van der Waals surface area (Å²) in [4.78, 5) is 22.5. The summed E-state index contributed by atoms with van der Waals surface area (Å²) in [5.41, 5.74) is 1.85. The first kappa shape index (κ1) is 15.3. The van der Waals surface area contributed by atoms with Gasteiger partial charge >= 0.3 is 0 Å². The molecule has 4 nitrogen and oxygen atoms in total. The predicted molar refractivity (Wildman–Crippen MR) is 84.3 cm³/mol. The van der Waals surface area contributed by atoms with Crippen LogP contribution in [0.3, 0.4) is 0 Å². The Balaban J connectivity index is 2.37. The molecule has 2 rings (SSSR count). The van der Waals surface area contributed by atoms with E-state index in [-0.39, 0.29) is 22.6 Å². The minimum atomic E-state index is 0.125. The van der Waals surface area contributed by atoms with Crippen LogP contribution < -0.4 is 0 Å². The number of rotatable bonds is 5.